The normalized spacial score (nSPS) is 15.0. The molecule has 5 rings (SSSR count). The van der Waals surface area contributed by atoms with Crippen LogP contribution in [-0.2, 0) is 6.42 Å². The van der Waals surface area contributed by atoms with Crippen molar-refractivity contribution < 1.29 is 23.1 Å². The molecule has 0 fully saturated rings. The summed E-state index contributed by atoms with van der Waals surface area (Å²) in [7, 11) is 3.14. The Morgan fingerprint density at radius 1 is 0.941 bits per heavy atom. The Bertz CT molecular complexity index is 1450. The number of fused-ring (bicyclic) bond motifs is 2. The van der Waals surface area contributed by atoms with E-state index in [0.717, 1.165) is 17.2 Å². The van der Waals surface area contributed by atoms with Gasteiger partial charge in [0, 0.05) is 6.54 Å². The highest BCUT2D eigenvalue weighted by atomic mass is 19.1. The molecule has 0 radical (unpaired) electrons. The highest BCUT2D eigenvalue weighted by Gasteiger charge is 2.42. The van der Waals surface area contributed by atoms with Gasteiger partial charge in [0.15, 0.2) is 16.9 Å². The first-order valence-corrected chi connectivity index (χ1v) is 10.8. The van der Waals surface area contributed by atoms with Crippen molar-refractivity contribution in [3.8, 4) is 11.5 Å². The number of rotatable bonds is 6. The molecule has 1 aromatic heterocycles. The fraction of sp³-hybridized carbons (Fsp3) is 0.185. The van der Waals surface area contributed by atoms with Gasteiger partial charge in [-0.2, -0.15) is 0 Å². The molecule has 0 bridgehead atoms. The number of benzene rings is 3. The largest absolute Gasteiger partial charge is 0.493 e. The minimum atomic E-state index is -0.632. The van der Waals surface area contributed by atoms with Gasteiger partial charge in [-0.15, -0.1) is 0 Å². The predicted molar refractivity (Wildman–Crippen MR) is 125 cm³/mol. The van der Waals surface area contributed by atoms with Crippen LogP contribution in [0, 0.1) is 5.82 Å². The summed E-state index contributed by atoms with van der Waals surface area (Å²) in [5, 5.41) is 0.120. The number of hydrogen-bond acceptors (Lipinski definition) is 5. The summed E-state index contributed by atoms with van der Waals surface area (Å²) in [5.74, 6) is 0.316. The van der Waals surface area contributed by atoms with Crippen LogP contribution in [0.2, 0.25) is 0 Å². The Hall–Kier alpha value is -4.13. The third-order valence-corrected chi connectivity index (χ3v) is 6.13. The molecule has 172 valence electrons. The van der Waals surface area contributed by atoms with Crippen molar-refractivity contribution in [3.05, 3.63) is 105 Å². The van der Waals surface area contributed by atoms with E-state index in [1.165, 1.54) is 12.1 Å². The Labute approximate surface area is 195 Å². The first kappa shape index (κ1) is 21.7. The zero-order valence-electron chi connectivity index (χ0n) is 18.7. The smallest absolute Gasteiger partial charge is 0.290 e. The van der Waals surface area contributed by atoms with E-state index < -0.39 is 17.3 Å². The van der Waals surface area contributed by atoms with Gasteiger partial charge in [0.2, 0.25) is 5.76 Å². The van der Waals surface area contributed by atoms with E-state index in [2.05, 4.69) is 0 Å². The highest BCUT2D eigenvalue weighted by molar-refractivity contribution is 5.99. The number of halogens is 1. The van der Waals surface area contributed by atoms with Gasteiger partial charge in [0.05, 0.1) is 31.2 Å². The molecule has 0 saturated carbocycles. The van der Waals surface area contributed by atoms with Crippen LogP contribution in [0.4, 0.5) is 4.39 Å². The van der Waals surface area contributed by atoms with E-state index in [4.69, 9.17) is 13.9 Å². The summed E-state index contributed by atoms with van der Waals surface area (Å²) in [5.41, 5.74) is 1.75. The molecule has 0 N–H and O–H groups in total. The molecule has 0 unspecified atom stereocenters. The molecule has 3 aromatic carbocycles. The van der Waals surface area contributed by atoms with Crippen LogP contribution < -0.4 is 14.9 Å². The second-order valence-corrected chi connectivity index (χ2v) is 8.07. The third kappa shape index (κ3) is 3.59. The lowest BCUT2D eigenvalue weighted by atomic mass is 9.98. The molecule has 6 nitrogen and oxygen atoms in total. The SMILES string of the molecule is COc1ccc(CCN2C(=O)c3oc4ccc(F)cc4c(=O)c3[C@@H]2c2ccccc2)cc1OC. The molecule has 4 aromatic rings. The minimum absolute atomic E-state index is 0.00488. The van der Waals surface area contributed by atoms with Gasteiger partial charge >= 0.3 is 0 Å². The maximum absolute atomic E-state index is 13.9. The Morgan fingerprint density at radius 2 is 1.71 bits per heavy atom. The van der Waals surface area contributed by atoms with Gasteiger partial charge in [-0.3, -0.25) is 9.59 Å². The van der Waals surface area contributed by atoms with E-state index in [0.29, 0.717) is 24.5 Å². The van der Waals surface area contributed by atoms with Crippen molar-refractivity contribution in [2.24, 2.45) is 0 Å². The Balaban J connectivity index is 1.58. The average molecular weight is 459 g/mol. The quantitative estimate of drug-likeness (QED) is 0.417. The summed E-state index contributed by atoms with van der Waals surface area (Å²) < 4.78 is 30.4. The van der Waals surface area contributed by atoms with E-state index in [1.54, 1.807) is 19.1 Å². The topological polar surface area (TPSA) is 69.0 Å². The standard InChI is InChI=1S/C27H22FNO5/c1-32-21-10-8-16(14-22(21)33-2)12-13-29-24(17-6-4-3-5-7-17)23-25(30)19-15-18(28)9-11-20(19)34-26(23)27(29)31/h3-11,14-15,24H,12-13H2,1-2H3/t24-/m0/s1. The van der Waals surface area contributed by atoms with Gasteiger partial charge in [-0.25, -0.2) is 4.39 Å². The van der Waals surface area contributed by atoms with E-state index >= 15 is 0 Å². The van der Waals surface area contributed by atoms with Crippen LogP contribution in [0.25, 0.3) is 11.0 Å². The monoisotopic (exact) mass is 459 g/mol. The number of carbonyl (C=O) groups excluding carboxylic acids is 1. The van der Waals surface area contributed by atoms with Crippen LogP contribution in [0.1, 0.15) is 33.3 Å². The van der Waals surface area contributed by atoms with Crippen molar-refractivity contribution in [1.82, 2.24) is 4.90 Å². The van der Waals surface area contributed by atoms with Crippen LogP contribution in [0.15, 0.2) is 75.9 Å². The predicted octanol–water partition coefficient (Wildman–Crippen LogP) is 4.74. The molecule has 2 heterocycles. The number of methoxy groups -OCH3 is 2. The zero-order valence-corrected chi connectivity index (χ0v) is 18.7. The van der Waals surface area contributed by atoms with Gasteiger partial charge in [0.1, 0.15) is 11.4 Å². The summed E-state index contributed by atoms with van der Waals surface area (Å²) in [6.45, 7) is 0.336. The van der Waals surface area contributed by atoms with Crippen molar-refractivity contribution in [3.63, 3.8) is 0 Å². The van der Waals surface area contributed by atoms with Gasteiger partial charge in [-0.1, -0.05) is 36.4 Å². The number of nitrogens with zero attached hydrogens (tertiary/aromatic N) is 1. The summed E-state index contributed by atoms with van der Waals surface area (Å²) in [6.07, 6.45) is 0.520. The van der Waals surface area contributed by atoms with Crippen LogP contribution >= 0.6 is 0 Å². The fourth-order valence-electron chi connectivity index (χ4n) is 4.49. The van der Waals surface area contributed by atoms with Crippen molar-refractivity contribution >= 4 is 16.9 Å². The van der Waals surface area contributed by atoms with E-state index in [9.17, 15) is 14.0 Å². The van der Waals surface area contributed by atoms with Crippen LogP contribution in [0.5, 0.6) is 11.5 Å². The number of carbonyl (C=O) groups is 1. The molecule has 0 aliphatic carbocycles. The van der Waals surface area contributed by atoms with Crippen LogP contribution in [-0.4, -0.2) is 31.6 Å². The van der Waals surface area contributed by atoms with Crippen molar-refractivity contribution in [1.29, 1.82) is 0 Å². The molecule has 7 heteroatoms. The molecule has 1 amide bonds. The molecular weight excluding hydrogens is 437 g/mol. The molecule has 1 atom stereocenters. The van der Waals surface area contributed by atoms with Gasteiger partial charge in [-0.05, 0) is 47.9 Å². The third-order valence-electron chi connectivity index (χ3n) is 6.13. The molecule has 34 heavy (non-hydrogen) atoms. The lowest BCUT2D eigenvalue weighted by Gasteiger charge is -2.25. The van der Waals surface area contributed by atoms with Gasteiger partial charge < -0.3 is 18.8 Å². The zero-order chi connectivity index (χ0) is 23.8. The Morgan fingerprint density at radius 3 is 2.44 bits per heavy atom. The fourth-order valence-corrected chi connectivity index (χ4v) is 4.49. The molecular formula is C27H22FNO5. The average Bonchev–Trinajstić information content (AvgIpc) is 3.15. The van der Waals surface area contributed by atoms with Crippen molar-refractivity contribution in [2.45, 2.75) is 12.5 Å². The van der Waals surface area contributed by atoms with Crippen molar-refractivity contribution in [2.75, 3.05) is 20.8 Å². The lowest BCUT2D eigenvalue weighted by molar-refractivity contribution is 0.0730. The maximum atomic E-state index is 13.9. The van der Waals surface area contributed by atoms with Gasteiger partial charge in [0.25, 0.3) is 5.91 Å². The van der Waals surface area contributed by atoms with Crippen LogP contribution in [0.3, 0.4) is 0 Å². The maximum Gasteiger partial charge on any atom is 0.290 e. The first-order chi connectivity index (χ1) is 16.5. The molecule has 1 aliphatic heterocycles. The molecule has 0 saturated heterocycles. The lowest BCUT2D eigenvalue weighted by Crippen LogP contribution is -2.31. The number of amides is 1. The summed E-state index contributed by atoms with van der Waals surface area (Å²) in [6, 6.07) is 18.0. The highest BCUT2D eigenvalue weighted by Crippen LogP contribution is 2.38. The Kier molecular flexibility index (Phi) is 5.53. The summed E-state index contributed by atoms with van der Waals surface area (Å²) >= 11 is 0. The van der Waals surface area contributed by atoms with E-state index in [-0.39, 0.29) is 28.2 Å². The summed E-state index contributed by atoms with van der Waals surface area (Å²) in [4.78, 5) is 28.5. The second kappa shape index (κ2) is 8.67. The molecule has 1 aliphatic rings. The molecule has 0 spiro atoms. The first-order valence-electron chi connectivity index (χ1n) is 10.8. The minimum Gasteiger partial charge on any atom is -0.493 e. The number of ether oxygens (including phenoxy) is 2. The number of hydrogen-bond donors (Lipinski definition) is 0. The second-order valence-electron chi connectivity index (χ2n) is 8.07. The van der Waals surface area contributed by atoms with E-state index in [1.807, 2.05) is 48.5 Å².